The molecule has 1 aromatic rings. The van der Waals surface area contributed by atoms with E-state index in [2.05, 4.69) is 10.4 Å². The molecule has 0 saturated carbocycles. The fraction of sp³-hybridized carbons (Fsp3) is 0.385. The maximum Gasteiger partial charge on any atom is 0.407 e. The molecule has 3 N–H and O–H groups in total. The summed E-state index contributed by atoms with van der Waals surface area (Å²) in [4.78, 5) is 11.5. The van der Waals surface area contributed by atoms with Crippen LogP contribution in [0.4, 0.5) is 4.79 Å². The zero-order valence-corrected chi connectivity index (χ0v) is 10.7. The van der Waals surface area contributed by atoms with Crippen LogP contribution in [0.3, 0.4) is 0 Å². The van der Waals surface area contributed by atoms with E-state index < -0.39 is 6.09 Å². The van der Waals surface area contributed by atoms with Gasteiger partial charge in [-0.1, -0.05) is 30.3 Å². The summed E-state index contributed by atoms with van der Waals surface area (Å²) in [7, 11) is 0. The molecule has 1 amide bonds. The Morgan fingerprint density at radius 2 is 2.11 bits per heavy atom. The Morgan fingerprint density at radius 3 is 2.67 bits per heavy atom. The molecule has 0 aliphatic heterocycles. The minimum absolute atomic E-state index is 0.183. The lowest BCUT2D eigenvalue weighted by atomic mass is 10.0. The Kier molecular flexibility index (Phi) is 5.70. The standard InChI is InChI=1S/C13H19N3O2/c1-3-18-13(17)15-12(9-10(2)16-14)11-7-5-4-6-8-11/h4-8,12H,3,9,14H2,1-2H3,(H,15,17)/b16-10+. The SMILES string of the molecule is CCOC(=O)NC(C/C(C)=N/N)c1ccccc1. The summed E-state index contributed by atoms with van der Waals surface area (Å²) in [5, 5.41) is 6.43. The van der Waals surface area contributed by atoms with Gasteiger partial charge in [-0.25, -0.2) is 4.79 Å². The molecule has 5 nitrogen and oxygen atoms in total. The van der Waals surface area contributed by atoms with E-state index in [0.29, 0.717) is 13.0 Å². The van der Waals surface area contributed by atoms with E-state index in [9.17, 15) is 4.79 Å². The molecule has 0 radical (unpaired) electrons. The lowest BCUT2D eigenvalue weighted by molar-refractivity contribution is 0.148. The molecule has 0 saturated heterocycles. The Hall–Kier alpha value is -2.04. The number of hydrazone groups is 1. The maximum atomic E-state index is 11.5. The van der Waals surface area contributed by atoms with Gasteiger partial charge >= 0.3 is 6.09 Å². The maximum absolute atomic E-state index is 11.5. The number of hydrogen-bond donors (Lipinski definition) is 2. The van der Waals surface area contributed by atoms with Crippen molar-refractivity contribution in [3.05, 3.63) is 35.9 Å². The van der Waals surface area contributed by atoms with Crippen molar-refractivity contribution in [1.82, 2.24) is 5.32 Å². The first-order valence-electron chi connectivity index (χ1n) is 5.89. The van der Waals surface area contributed by atoms with Gasteiger partial charge in [-0.15, -0.1) is 0 Å². The van der Waals surface area contributed by atoms with Crippen LogP contribution >= 0.6 is 0 Å². The Balaban J connectivity index is 2.79. The van der Waals surface area contributed by atoms with Gasteiger partial charge in [0.2, 0.25) is 0 Å². The Morgan fingerprint density at radius 1 is 1.44 bits per heavy atom. The lowest BCUT2D eigenvalue weighted by Crippen LogP contribution is -2.30. The molecule has 98 valence electrons. The number of carbonyl (C=O) groups excluding carboxylic acids is 1. The number of nitrogens with two attached hydrogens (primary N) is 1. The normalized spacial score (nSPS) is 12.9. The van der Waals surface area contributed by atoms with Crippen LogP contribution in [0.15, 0.2) is 35.4 Å². The highest BCUT2D eigenvalue weighted by atomic mass is 16.5. The van der Waals surface area contributed by atoms with E-state index in [-0.39, 0.29) is 6.04 Å². The molecule has 0 bridgehead atoms. The predicted molar refractivity (Wildman–Crippen MR) is 71.3 cm³/mol. The minimum Gasteiger partial charge on any atom is -0.450 e. The summed E-state index contributed by atoms with van der Waals surface area (Å²) in [6, 6.07) is 9.47. The Bertz CT molecular complexity index is 404. The van der Waals surface area contributed by atoms with E-state index in [1.807, 2.05) is 37.3 Å². The molecule has 1 atom stereocenters. The number of rotatable bonds is 5. The van der Waals surface area contributed by atoms with E-state index >= 15 is 0 Å². The highest BCUT2D eigenvalue weighted by Gasteiger charge is 2.16. The second-order valence-electron chi connectivity index (χ2n) is 3.90. The van der Waals surface area contributed by atoms with Crippen molar-refractivity contribution in [3.63, 3.8) is 0 Å². The number of alkyl carbamates (subject to hydrolysis) is 1. The van der Waals surface area contributed by atoms with Crippen molar-refractivity contribution >= 4 is 11.8 Å². The summed E-state index contributed by atoms with van der Waals surface area (Å²) in [5.74, 6) is 5.23. The highest BCUT2D eigenvalue weighted by Crippen LogP contribution is 2.17. The molecule has 0 spiro atoms. The van der Waals surface area contributed by atoms with Gasteiger partial charge in [-0.2, -0.15) is 5.10 Å². The molecule has 18 heavy (non-hydrogen) atoms. The zero-order chi connectivity index (χ0) is 13.4. The quantitative estimate of drug-likeness (QED) is 0.477. The van der Waals surface area contributed by atoms with Crippen molar-refractivity contribution in [2.24, 2.45) is 10.9 Å². The van der Waals surface area contributed by atoms with Crippen LogP contribution in [-0.2, 0) is 4.74 Å². The van der Waals surface area contributed by atoms with Gasteiger partial charge < -0.3 is 15.9 Å². The predicted octanol–water partition coefficient (Wildman–Crippen LogP) is 2.20. The van der Waals surface area contributed by atoms with Crippen molar-refractivity contribution in [2.75, 3.05) is 6.61 Å². The monoisotopic (exact) mass is 249 g/mol. The van der Waals surface area contributed by atoms with Gasteiger partial charge in [0.05, 0.1) is 12.6 Å². The number of nitrogens with zero attached hydrogens (tertiary/aromatic N) is 1. The number of carbonyl (C=O) groups is 1. The molecule has 1 unspecified atom stereocenters. The van der Waals surface area contributed by atoms with Gasteiger partial charge in [0.25, 0.3) is 0 Å². The van der Waals surface area contributed by atoms with Gasteiger partial charge in [0, 0.05) is 12.1 Å². The molecule has 0 aliphatic carbocycles. The van der Waals surface area contributed by atoms with Gasteiger partial charge in [-0.05, 0) is 19.4 Å². The summed E-state index contributed by atoms with van der Waals surface area (Å²) < 4.78 is 4.89. The van der Waals surface area contributed by atoms with Crippen LogP contribution in [0.2, 0.25) is 0 Å². The number of amides is 1. The lowest BCUT2D eigenvalue weighted by Gasteiger charge is -2.18. The molecular formula is C13H19N3O2. The summed E-state index contributed by atoms with van der Waals surface area (Å²) in [6.45, 7) is 3.93. The summed E-state index contributed by atoms with van der Waals surface area (Å²) in [6.07, 6.45) is 0.121. The average molecular weight is 249 g/mol. The van der Waals surface area contributed by atoms with Crippen LogP contribution in [0.1, 0.15) is 31.9 Å². The molecule has 0 fully saturated rings. The number of nitrogens with one attached hydrogen (secondary N) is 1. The number of ether oxygens (including phenoxy) is 1. The van der Waals surface area contributed by atoms with E-state index in [4.69, 9.17) is 10.6 Å². The summed E-state index contributed by atoms with van der Waals surface area (Å²) in [5.41, 5.74) is 1.76. The second-order valence-corrected chi connectivity index (χ2v) is 3.90. The summed E-state index contributed by atoms with van der Waals surface area (Å²) >= 11 is 0. The smallest absolute Gasteiger partial charge is 0.407 e. The minimum atomic E-state index is -0.434. The van der Waals surface area contributed by atoms with E-state index in [0.717, 1.165) is 11.3 Å². The largest absolute Gasteiger partial charge is 0.450 e. The van der Waals surface area contributed by atoms with E-state index in [1.54, 1.807) is 6.92 Å². The Labute approximate surface area is 107 Å². The topological polar surface area (TPSA) is 76.7 Å². The highest BCUT2D eigenvalue weighted by molar-refractivity contribution is 5.83. The van der Waals surface area contributed by atoms with Gasteiger partial charge in [-0.3, -0.25) is 0 Å². The van der Waals surface area contributed by atoms with Crippen LogP contribution in [0.5, 0.6) is 0 Å². The average Bonchev–Trinajstić information content (AvgIpc) is 2.39. The van der Waals surface area contributed by atoms with Crippen molar-refractivity contribution in [3.8, 4) is 0 Å². The molecule has 0 aromatic heterocycles. The van der Waals surface area contributed by atoms with Crippen LogP contribution in [0.25, 0.3) is 0 Å². The fourth-order valence-electron chi connectivity index (χ4n) is 1.60. The molecule has 1 rings (SSSR count). The molecule has 0 heterocycles. The third-order valence-electron chi connectivity index (χ3n) is 2.49. The first kappa shape index (κ1) is 14.0. The van der Waals surface area contributed by atoms with E-state index in [1.165, 1.54) is 0 Å². The van der Waals surface area contributed by atoms with Crippen LogP contribution in [-0.4, -0.2) is 18.4 Å². The molecule has 0 aliphatic rings. The fourth-order valence-corrected chi connectivity index (χ4v) is 1.60. The molecule has 5 heteroatoms. The van der Waals surface area contributed by atoms with Gasteiger partial charge in [0.15, 0.2) is 0 Å². The van der Waals surface area contributed by atoms with Crippen LogP contribution in [0, 0.1) is 0 Å². The number of hydrogen-bond acceptors (Lipinski definition) is 4. The molecular weight excluding hydrogens is 230 g/mol. The third kappa shape index (κ3) is 4.45. The third-order valence-corrected chi connectivity index (χ3v) is 2.49. The first-order valence-corrected chi connectivity index (χ1v) is 5.89. The number of benzene rings is 1. The van der Waals surface area contributed by atoms with Crippen LogP contribution < -0.4 is 11.2 Å². The molecule has 1 aromatic carbocycles. The first-order chi connectivity index (χ1) is 8.67. The zero-order valence-electron chi connectivity index (χ0n) is 10.7. The van der Waals surface area contributed by atoms with Crippen molar-refractivity contribution in [1.29, 1.82) is 0 Å². The van der Waals surface area contributed by atoms with Crippen molar-refractivity contribution < 1.29 is 9.53 Å². The second kappa shape index (κ2) is 7.32. The van der Waals surface area contributed by atoms with Crippen molar-refractivity contribution in [2.45, 2.75) is 26.3 Å². The van der Waals surface area contributed by atoms with Gasteiger partial charge in [0.1, 0.15) is 0 Å².